The van der Waals surface area contributed by atoms with Crippen LogP contribution in [0, 0.1) is 10.1 Å². The van der Waals surface area contributed by atoms with Crippen LogP contribution >= 0.6 is 11.6 Å². The van der Waals surface area contributed by atoms with Gasteiger partial charge in [-0.3, -0.25) is 10.1 Å². The van der Waals surface area contributed by atoms with Gasteiger partial charge in [0.05, 0.1) is 17.1 Å². The zero-order chi connectivity index (χ0) is 15.4. The van der Waals surface area contributed by atoms with Crippen LogP contribution in [0.3, 0.4) is 0 Å². The van der Waals surface area contributed by atoms with E-state index in [1.807, 2.05) is 0 Å². The summed E-state index contributed by atoms with van der Waals surface area (Å²) in [5.74, 6) is 0.998. The predicted molar refractivity (Wildman–Crippen MR) is 77.9 cm³/mol. The fraction of sp³-hybridized carbons (Fsp3) is 0.154. The van der Waals surface area contributed by atoms with E-state index in [4.69, 9.17) is 16.3 Å². The van der Waals surface area contributed by atoms with Gasteiger partial charge in [0.15, 0.2) is 0 Å². The first-order valence-corrected chi connectivity index (χ1v) is 6.28. The van der Waals surface area contributed by atoms with E-state index in [9.17, 15) is 15.2 Å². The summed E-state index contributed by atoms with van der Waals surface area (Å²) >= 11 is 5.92. The first-order chi connectivity index (χ1) is 10.0. The maximum Gasteiger partial charge on any atom is 0.289 e. The number of nitro groups is 1. The number of aromatic nitrogens is 1. The Morgan fingerprint density at radius 1 is 1.48 bits per heavy atom. The molecule has 0 saturated carbocycles. The number of halogens is 1. The number of methoxy groups -OCH3 is 1. The number of phenolic OH excluding ortho intramolecular Hbond substituents is 1. The molecule has 0 aliphatic carbocycles. The summed E-state index contributed by atoms with van der Waals surface area (Å²) in [4.78, 5) is 13.9. The van der Waals surface area contributed by atoms with E-state index in [2.05, 4.69) is 10.3 Å². The highest BCUT2D eigenvalue weighted by atomic mass is 35.5. The molecule has 2 rings (SSSR count). The fourth-order valence-corrected chi connectivity index (χ4v) is 1.89. The monoisotopic (exact) mass is 309 g/mol. The zero-order valence-electron chi connectivity index (χ0n) is 11.0. The lowest BCUT2D eigenvalue weighted by atomic mass is 10.2. The number of phenols is 1. The van der Waals surface area contributed by atoms with E-state index >= 15 is 0 Å². The van der Waals surface area contributed by atoms with Gasteiger partial charge >= 0.3 is 0 Å². The minimum atomic E-state index is -0.573. The molecule has 0 fully saturated rings. The number of anilines is 1. The van der Waals surface area contributed by atoms with Crippen molar-refractivity contribution in [1.82, 2.24) is 4.98 Å². The quantitative estimate of drug-likeness (QED) is 0.651. The average Bonchev–Trinajstić information content (AvgIpc) is 2.47. The number of pyridine rings is 1. The van der Waals surface area contributed by atoms with Gasteiger partial charge in [0.2, 0.25) is 0 Å². The summed E-state index contributed by atoms with van der Waals surface area (Å²) in [5.41, 5.74) is 0.403. The average molecular weight is 310 g/mol. The maximum atomic E-state index is 10.6. The van der Waals surface area contributed by atoms with Crippen molar-refractivity contribution in [3.63, 3.8) is 0 Å². The van der Waals surface area contributed by atoms with Gasteiger partial charge < -0.3 is 15.2 Å². The van der Waals surface area contributed by atoms with Gasteiger partial charge in [0.25, 0.3) is 5.69 Å². The molecule has 0 amide bonds. The standard InChI is InChI=1S/C13H12ClN3O4/c1-21-10-2-3-12(18)8(4-10)6-15-13-11(14)5-9(7-16-13)17(19)20/h2-5,7,18H,6H2,1H3,(H,15,16). The van der Waals surface area contributed by atoms with Crippen molar-refractivity contribution in [3.05, 3.63) is 51.2 Å². The zero-order valence-corrected chi connectivity index (χ0v) is 11.8. The van der Waals surface area contributed by atoms with Crippen molar-refractivity contribution in [2.45, 2.75) is 6.54 Å². The van der Waals surface area contributed by atoms with Gasteiger partial charge in [-0.05, 0) is 18.2 Å². The van der Waals surface area contributed by atoms with Crippen LogP contribution in [-0.4, -0.2) is 22.1 Å². The van der Waals surface area contributed by atoms with Crippen LogP contribution < -0.4 is 10.1 Å². The van der Waals surface area contributed by atoms with Crippen molar-refractivity contribution in [2.75, 3.05) is 12.4 Å². The highest BCUT2D eigenvalue weighted by molar-refractivity contribution is 6.33. The molecule has 0 aliphatic rings. The number of ether oxygens (including phenoxy) is 1. The van der Waals surface area contributed by atoms with E-state index in [1.165, 1.54) is 19.2 Å². The smallest absolute Gasteiger partial charge is 0.289 e. The Hall–Kier alpha value is -2.54. The van der Waals surface area contributed by atoms with Crippen LogP contribution in [0.25, 0.3) is 0 Å². The normalized spacial score (nSPS) is 10.2. The van der Waals surface area contributed by atoms with Crippen LogP contribution in [0.15, 0.2) is 30.5 Å². The second kappa shape index (κ2) is 6.27. The van der Waals surface area contributed by atoms with Gasteiger partial charge in [-0.15, -0.1) is 0 Å². The molecule has 1 aromatic heterocycles. The van der Waals surface area contributed by atoms with Crippen molar-refractivity contribution in [1.29, 1.82) is 0 Å². The number of benzene rings is 1. The van der Waals surface area contributed by atoms with Crippen LogP contribution in [0.5, 0.6) is 11.5 Å². The molecule has 0 aliphatic heterocycles. The Labute approximate surface area is 125 Å². The second-order valence-corrected chi connectivity index (χ2v) is 4.54. The summed E-state index contributed by atoms with van der Waals surface area (Å²) in [7, 11) is 1.53. The van der Waals surface area contributed by atoms with Crippen LogP contribution in [0.4, 0.5) is 11.5 Å². The van der Waals surface area contributed by atoms with Crippen molar-refractivity contribution in [2.24, 2.45) is 0 Å². The summed E-state index contributed by atoms with van der Waals surface area (Å²) < 4.78 is 5.07. The highest BCUT2D eigenvalue weighted by Crippen LogP contribution is 2.27. The molecule has 1 aromatic carbocycles. The Balaban J connectivity index is 2.15. The molecule has 0 unspecified atom stereocenters. The molecule has 2 aromatic rings. The van der Waals surface area contributed by atoms with Crippen molar-refractivity contribution < 1.29 is 14.8 Å². The topological polar surface area (TPSA) is 97.5 Å². The van der Waals surface area contributed by atoms with E-state index < -0.39 is 4.92 Å². The molecule has 7 nitrogen and oxygen atoms in total. The Morgan fingerprint density at radius 2 is 2.24 bits per heavy atom. The van der Waals surface area contributed by atoms with Crippen molar-refractivity contribution in [3.8, 4) is 11.5 Å². The van der Waals surface area contributed by atoms with E-state index in [0.717, 1.165) is 6.20 Å². The summed E-state index contributed by atoms with van der Waals surface area (Å²) in [6.45, 7) is 0.244. The number of aromatic hydroxyl groups is 1. The molecule has 110 valence electrons. The second-order valence-electron chi connectivity index (χ2n) is 4.13. The van der Waals surface area contributed by atoms with Crippen LogP contribution in [0.2, 0.25) is 5.02 Å². The third kappa shape index (κ3) is 3.51. The van der Waals surface area contributed by atoms with Crippen LogP contribution in [-0.2, 0) is 6.54 Å². The number of hydrogen-bond donors (Lipinski definition) is 2. The van der Waals surface area contributed by atoms with Crippen LogP contribution in [0.1, 0.15) is 5.56 Å². The molecule has 0 radical (unpaired) electrons. The molecule has 2 N–H and O–H groups in total. The van der Waals surface area contributed by atoms with Gasteiger partial charge in [0, 0.05) is 18.2 Å². The van der Waals surface area contributed by atoms with Crippen molar-refractivity contribution >= 4 is 23.1 Å². The summed E-state index contributed by atoms with van der Waals surface area (Å²) in [6, 6.07) is 6.03. The number of rotatable bonds is 5. The lowest BCUT2D eigenvalue weighted by molar-refractivity contribution is -0.385. The fourth-order valence-electron chi connectivity index (χ4n) is 1.67. The van der Waals surface area contributed by atoms with Gasteiger partial charge in [-0.1, -0.05) is 11.6 Å². The third-order valence-electron chi connectivity index (χ3n) is 2.77. The van der Waals surface area contributed by atoms with Gasteiger partial charge in [0.1, 0.15) is 23.5 Å². The molecule has 0 saturated heterocycles. The molecular formula is C13H12ClN3O4. The molecular weight excluding hydrogens is 298 g/mol. The minimum absolute atomic E-state index is 0.0985. The number of nitrogens with zero attached hydrogens (tertiary/aromatic N) is 2. The Morgan fingerprint density at radius 3 is 2.86 bits per heavy atom. The molecule has 0 spiro atoms. The molecule has 0 atom stereocenters. The van der Waals surface area contributed by atoms with E-state index in [1.54, 1.807) is 12.1 Å². The SMILES string of the molecule is COc1ccc(O)c(CNc2ncc([N+](=O)[O-])cc2Cl)c1. The Kier molecular flexibility index (Phi) is 4.44. The predicted octanol–water partition coefficient (Wildman–Crippen LogP) is 2.97. The Bertz CT molecular complexity index is 678. The van der Waals surface area contributed by atoms with E-state index in [-0.39, 0.29) is 23.0 Å². The molecule has 21 heavy (non-hydrogen) atoms. The number of nitrogens with one attached hydrogen (secondary N) is 1. The summed E-state index contributed by atoms with van der Waals surface area (Å²) in [6.07, 6.45) is 1.11. The van der Waals surface area contributed by atoms with E-state index in [0.29, 0.717) is 17.1 Å². The summed E-state index contributed by atoms with van der Waals surface area (Å²) in [5, 5.41) is 23.4. The largest absolute Gasteiger partial charge is 0.508 e. The number of hydrogen-bond acceptors (Lipinski definition) is 6. The lowest BCUT2D eigenvalue weighted by Crippen LogP contribution is -2.03. The minimum Gasteiger partial charge on any atom is -0.508 e. The third-order valence-corrected chi connectivity index (χ3v) is 3.06. The molecule has 0 bridgehead atoms. The first kappa shape index (κ1) is 14.9. The first-order valence-electron chi connectivity index (χ1n) is 5.91. The molecule has 8 heteroatoms. The molecule has 1 heterocycles. The van der Waals surface area contributed by atoms with Gasteiger partial charge in [-0.2, -0.15) is 0 Å². The highest BCUT2D eigenvalue weighted by Gasteiger charge is 2.11. The van der Waals surface area contributed by atoms with Gasteiger partial charge in [-0.25, -0.2) is 4.98 Å². The lowest BCUT2D eigenvalue weighted by Gasteiger charge is -2.10. The maximum absolute atomic E-state index is 10.6.